The van der Waals surface area contributed by atoms with E-state index < -0.39 is 0 Å². The molecule has 0 fully saturated rings. The molecule has 2 atom stereocenters. The second-order valence-corrected chi connectivity index (χ2v) is 3.63. The largest absolute Gasteiger partial charge is 0.396 e. The quantitative estimate of drug-likeness (QED) is 0.618. The SMILES string of the molecule is CC1C=CC(C)C1CCCO. The van der Waals surface area contributed by atoms with E-state index in [1.54, 1.807) is 0 Å². The first-order chi connectivity index (χ1) is 5.25. The minimum atomic E-state index is 0.343. The summed E-state index contributed by atoms with van der Waals surface area (Å²) < 4.78 is 0. The van der Waals surface area contributed by atoms with Gasteiger partial charge in [0, 0.05) is 6.61 Å². The summed E-state index contributed by atoms with van der Waals surface area (Å²) in [6, 6.07) is 0. The van der Waals surface area contributed by atoms with Crippen molar-refractivity contribution in [3.05, 3.63) is 12.2 Å². The van der Waals surface area contributed by atoms with Crippen LogP contribution in [0.2, 0.25) is 0 Å². The molecule has 0 heterocycles. The van der Waals surface area contributed by atoms with Crippen LogP contribution in [0.1, 0.15) is 26.7 Å². The van der Waals surface area contributed by atoms with Gasteiger partial charge in [-0.25, -0.2) is 0 Å². The summed E-state index contributed by atoms with van der Waals surface area (Å²) in [5.41, 5.74) is 0. The number of aliphatic hydroxyl groups excluding tert-OH is 1. The minimum Gasteiger partial charge on any atom is -0.396 e. The fraction of sp³-hybridized carbons (Fsp3) is 0.800. The molecule has 1 N–H and O–H groups in total. The summed E-state index contributed by atoms with van der Waals surface area (Å²) in [4.78, 5) is 0. The molecule has 2 unspecified atom stereocenters. The lowest BCUT2D eigenvalue weighted by atomic mass is 9.86. The Bertz CT molecular complexity index is 128. The van der Waals surface area contributed by atoms with Crippen molar-refractivity contribution in [2.24, 2.45) is 17.8 Å². The summed E-state index contributed by atoms with van der Waals surface area (Å²) >= 11 is 0. The molecule has 1 aliphatic rings. The van der Waals surface area contributed by atoms with Gasteiger partial charge < -0.3 is 5.11 Å². The smallest absolute Gasteiger partial charge is 0.0431 e. The van der Waals surface area contributed by atoms with Crippen LogP contribution in [-0.4, -0.2) is 11.7 Å². The van der Waals surface area contributed by atoms with Crippen molar-refractivity contribution in [3.8, 4) is 0 Å². The van der Waals surface area contributed by atoms with Crippen molar-refractivity contribution >= 4 is 0 Å². The van der Waals surface area contributed by atoms with Gasteiger partial charge in [0.2, 0.25) is 0 Å². The second kappa shape index (κ2) is 3.91. The van der Waals surface area contributed by atoms with Crippen molar-refractivity contribution in [1.29, 1.82) is 0 Å². The normalized spacial score (nSPS) is 36.5. The molecule has 11 heavy (non-hydrogen) atoms. The van der Waals surface area contributed by atoms with E-state index in [2.05, 4.69) is 26.0 Å². The van der Waals surface area contributed by atoms with E-state index in [0.29, 0.717) is 6.61 Å². The van der Waals surface area contributed by atoms with Crippen LogP contribution in [0.3, 0.4) is 0 Å². The maximum absolute atomic E-state index is 8.68. The van der Waals surface area contributed by atoms with Crippen LogP contribution in [0.15, 0.2) is 12.2 Å². The van der Waals surface area contributed by atoms with Gasteiger partial charge in [-0.2, -0.15) is 0 Å². The van der Waals surface area contributed by atoms with Gasteiger partial charge in [0.1, 0.15) is 0 Å². The van der Waals surface area contributed by atoms with Crippen LogP contribution in [-0.2, 0) is 0 Å². The molecule has 0 aliphatic heterocycles. The van der Waals surface area contributed by atoms with Crippen molar-refractivity contribution in [2.75, 3.05) is 6.61 Å². The Morgan fingerprint density at radius 3 is 2.18 bits per heavy atom. The average Bonchev–Trinajstić information content (AvgIpc) is 2.29. The van der Waals surface area contributed by atoms with E-state index in [4.69, 9.17) is 5.11 Å². The van der Waals surface area contributed by atoms with E-state index in [-0.39, 0.29) is 0 Å². The van der Waals surface area contributed by atoms with Crippen LogP contribution >= 0.6 is 0 Å². The predicted molar refractivity (Wildman–Crippen MR) is 47.3 cm³/mol. The van der Waals surface area contributed by atoms with Gasteiger partial charge in [-0.1, -0.05) is 26.0 Å². The standard InChI is InChI=1S/C10H18O/c1-8-5-6-9(2)10(8)4-3-7-11/h5-6,8-11H,3-4,7H2,1-2H3. The highest BCUT2D eigenvalue weighted by atomic mass is 16.2. The molecule has 0 aromatic heterocycles. The highest BCUT2D eigenvalue weighted by Gasteiger charge is 2.24. The van der Waals surface area contributed by atoms with Crippen molar-refractivity contribution in [1.82, 2.24) is 0 Å². The summed E-state index contributed by atoms with van der Waals surface area (Å²) in [5.74, 6) is 2.22. The van der Waals surface area contributed by atoms with E-state index in [9.17, 15) is 0 Å². The summed E-state index contributed by atoms with van der Waals surface area (Å²) in [6.45, 7) is 4.88. The molecule has 0 radical (unpaired) electrons. The molecule has 0 saturated heterocycles. The van der Waals surface area contributed by atoms with Crippen molar-refractivity contribution in [3.63, 3.8) is 0 Å². The van der Waals surface area contributed by atoms with E-state index in [1.165, 1.54) is 6.42 Å². The lowest BCUT2D eigenvalue weighted by Gasteiger charge is -2.19. The first-order valence-electron chi connectivity index (χ1n) is 4.55. The van der Waals surface area contributed by atoms with E-state index in [0.717, 1.165) is 24.2 Å². The minimum absolute atomic E-state index is 0.343. The summed E-state index contributed by atoms with van der Waals surface area (Å²) in [6.07, 6.45) is 6.73. The Kier molecular flexibility index (Phi) is 3.13. The van der Waals surface area contributed by atoms with Gasteiger partial charge in [-0.3, -0.25) is 0 Å². The molecular weight excluding hydrogens is 136 g/mol. The Balaban J connectivity index is 2.33. The molecule has 0 spiro atoms. The van der Waals surface area contributed by atoms with Crippen molar-refractivity contribution < 1.29 is 5.11 Å². The second-order valence-electron chi connectivity index (χ2n) is 3.63. The number of rotatable bonds is 3. The maximum atomic E-state index is 8.68. The molecular formula is C10H18O. The number of allylic oxidation sites excluding steroid dienone is 2. The fourth-order valence-corrected chi connectivity index (χ4v) is 1.97. The highest BCUT2D eigenvalue weighted by molar-refractivity contribution is 5.03. The summed E-state index contributed by atoms with van der Waals surface area (Å²) in [5, 5.41) is 8.68. The molecule has 0 bridgehead atoms. The van der Waals surface area contributed by atoms with E-state index in [1.807, 2.05) is 0 Å². The molecule has 0 aromatic rings. The van der Waals surface area contributed by atoms with E-state index >= 15 is 0 Å². The summed E-state index contributed by atoms with van der Waals surface area (Å²) in [7, 11) is 0. The molecule has 1 nitrogen and oxygen atoms in total. The third-order valence-electron chi connectivity index (χ3n) is 2.76. The Morgan fingerprint density at radius 2 is 1.73 bits per heavy atom. The Morgan fingerprint density at radius 1 is 1.18 bits per heavy atom. The van der Waals surface area contributed by atoms with Crippen LogP contribution in [0, 0.1) is 17.8 Å². The monoisotopic (exact) mass is 154 g/mol. The van der Waals surface area contributed by atoms with Gasteiger partial charge in [0.15, 0.2) is 0 Å². The zero-order valence-electron chi connectivity index (χ0n) is 7.46. The van der Waals surface area contributed by atoms with Crippen LogP contribution in [0.25, 0.3) is 0 Å². The third-order valence-corrected chi connectivity index (χ3v) is 2.76. The zero-order valence-corrected chi connectivity index (χ0v) is 7.46. The van der Waals surface area contributed by atoms with Crippen LogP contribution < -0.4 is 0 Å². The highest BCUT2D eigenvalue weighted by Crippen LogP contribution is 2.33. The molecule has 1 aliphatic carbocycles. The topological polar surface area (TPSA) is 20.2 Å². The Hall–Kier alpha value is -0.300. The van der Waals surface area contributed by atoms with Crippen LogP contribution in [0.4, 0.5) is 0 Å². The van der Waals surface area contributed by atoms with Gasteiger partial charge >= 0.3 is 0 Å². The lowest BCUT2D eigenvalue weighted by molar-refractivity contribution is 0.250. The predicted octanol–water partition coefficient (Wildman–Crippen LogP) is 2.22. The zero-order chi connectivity index (χ0) is 8.27. The van der Waals surface area contributed by atoms with Gasteiger partial charge in [0.05, 0.1) is 0 Å². The van der Waals surface area contributed by atoms with Crippen LogP contribution in [0.5, 0.6) is 0 Å². The molecule has 1 rings (SSSR count). The molecule has 0 saturated carbocycles. The van der Waals surface area contributed by atoms with Gasteiger partial charge in [-0.05, 0) is 30.6 Å². The number of hydrogen-bond acceptors (Lipinski definition) is 1. The van der Waals surface area contributed by atoms with Crippen molar-refractivity contribution in [2.45, 2.75) is 26.7 Å². The lowest BCUT2D eigenvalue weighted by Crippen LogP contribution is -2.12. The maximum Gasteiger partial charge on any atom is 0.0431 e. The molecule has 1 heteroatoms. The third kappa shape index (κ3) is 2.06. The Labute approximate surface area is 69.1 Å². The van der Waals surface area contributed by atoms with Gasteiger partial charge in [0.25, 0.3) is 0 Å². The molecule has 64 valence electrons. The molecule has 0 amide bonds. The number of aliphatic hydroxyl groups is 1. The number of hydrogen-bond donors (Lipinski definition) is 1. The average molecular weight is 154 g/mol. The fourth-order valence-electron chi connectivity index (χ4n) is 1.97. The first kappa shape index (κ1) is 8.79. The van der Waals surface area contributed by atoms with Gasteiger partial charge in [-0.15, -0.1) is 0 Å². The first-order valence-corrected chi connectivity index (χ1v) is 4.55. The molecule has 0 aromatic carbocycles.